The van der Waals surface area contributed by atoms with E-state index in [0.717, 1.165) is 31.3 Å². The second kappa shape index (κ2) is 9.17. The van der Waals surface area contributed by atoms with Crippen molar-refractivity contribution < 1.29 is 24.2 Å². The fourth-order valence-corrected chi connectivity index (χ4v) is 9.58. The van der Waals surface area contributed by atoms with E-state index in [1.54, 1.807) is 6.08 Å². The largest absolute Gasteiger partial charge is 0.454 e. The minimum atomic E-state index is -0.853. The van der Waals surface area contributed by atoms with Crippen LogP contribution in [0.3, 0.4) is 0 Å². The first-order valence-corrected chi connectivity index (χ1v) is 14.3. The van der Waals surface area contributed by atoms with Crippen molar-refractivity contribution in [1.29, 1.82) is 0 Å². The summed E-state index contributed by atoms with van der Waals surface area (Å²) in [5.41, 5.74) is 1.31. The third kappa shape index (κ3) is 4.01. The molecule has 0 aliphatic heterocycles. The zero-order chi connectivity index (χ0) is 27.7. The van der Waals surface area contributed by atoms with Gasteiger partial charge in [-0.05, 0) is 80.6 Å². The van der Waals surface area contributed by atoms with Gasteiger partial charge < -0.3 is 9.84 Å². The Balaban J connectivity index is 1.73. The number of Topliss-reactive ketones (excluding diaryl/α,β-unsaturated/α-hetero) is 1. The molecule has 0 spiro atoms. The summed E-state index contributed by atoms with van der Waals surface area (Å²) in [6.45, 7) is 18.3. The van der Waals surface area contributed by atoms with Gasteiger partial charge in [0, 0.05) is 30.1 Å². The summed E-state index contributed by atoms with van der Waals surface area (Å²) in [6.07, 6.45) is 7.49. The van der Waals surface area contributed by atoms with Crippen molar-refractivity contribution in [2.24, 2.45) is 45.3 Å². The lowest BCUT2D eigenvalue weighted by Crippen LogP contribution is -2.61. The van der Waals surface area contributed by atoms with E-state index in [9.17, 15) is 19.5 Å². The third-order valence-electron chi connectivity index (χ3n) is 11.8. The maximum absolute atomic E-state index is 13.2. The molecule has 5 nitrogen and oxygen atoms in total. The van der Waals surface area contributed by atoms with E-state index >= 15 is 0 Å². The molecule has 3 saturated carbocycles. The first-order chi connectivity index (χ1) is 17.0. The lowest BCUT2D eigenvalue weighted by molar-refractivity contribution is -0.165. The van der Waals surface area contributed by atoms with Gasteiger partial charge in [0.25, 0.3) is 0 Å². The highest BCUT2D eigenvalue weighted by atomic mass is 16.5. The molecule has 0 radical (unpaired) electrons. The van der Waals surface area contributed by atoms with Crippen LogP contribution in [0.4, 0.5) is 0 Å². The molecule has 0 amide bonds. The van der Waals surface area contributed by atoms with Crippen LogP contribution in [0.25, 0.3) is 0 Å². The standard InChI is InChI=1S/C32H48O5/c1-18(2)16-24(34)28(37-20(4)33)19(3)21-12-15-31(8)22-10-11-25-29(5,6)26(35)13-14-30(25,7)23(22)17-27(36)32(21,31)9/h10,16,19,21,23,25,27-28,36H,11-15,17H2,1-9H3. The smallest absolute Gasteiger partial charge is 0.303 e. The Morgan fingerprint density at radius 2 is 1.76 bits per heavy atom. The van der Waals surface area contributed by atoms with Crippen LogP contribution in [0.15, 0.2) is 23.3 Å². The van der Waals surface area contributed by atoms with Crippen molar-refractivity contribution in [1.82, 2.24) is 0 Å². The number of rotatable bonds is 5. The average Bonchev–Trinajstić information content (AvgIpc) is 3.08. The number of fused-ring (bicyclic) bond motifs is 5. The van der Waals surface area contributed by atoms with Crippen LogP contribution in [0, 0.1) is 45.3 Å². The fraction of sp³-hybridized carbons (Fsp3) is 0.781. The van der Waals surface area contributed by atoms with E-state index in [1.165, 1.54) is 12.5 Å². The normalized spacial score (nSPS) is 41.9. The van der Waals surface area contributed by atoms with E-state index in [-0.39, 0.29) is 45.7 Å². The van der Waals surface area contributed by atoms with Gasteiger partial charge in [-0.2, -0.15) is 0 Å². The molecule has 9 unspecified atom stereocenters. The topological polar surface area (TPSA) is 80.7 Å². The summed E-state index contributed by atoms with van der Waals surface area (Å²) in [4.78, 5) is 38.1. The van der Waals surface area contributed by atoms with Gasteiger partial charge in [-0.1, -0.05) is 58.8 Å². The van der Waals surface area contributed by atoms with E-state index in [4.69, 9.17) is 4.74 Å². The van der Waals surface area contributed by atoms with Crippen molar-refractivity contribution in [3.63, 3.8) is 0 Å². The summed E-state index contributed by atoms with van der Waals surface area (Å²) in [7, 11) is 0. The quantitative estimate of drug-likeness (QED) is 0.268. The third-order valence-corrected chi connectivity index (χ3v) is 11.8. The molecule has 37 heavy (non-hydrogen) atoms. The Kier molecular flexibility index (Phi) is 7.01. The van der Waals surface area contributed by atoms with Gasteiger partial charge >= 0.3 is 5.97 Å². The monoisotopic (exact) mass is 512 g/mol. The number of carbonyl (C=O) groups is 3. The highest BCUT2D eigenvalue weighted by Crippen LogP contribution is 2.73. The first-order valence-electron chi connectivity index (χ1n) is 14.3. The molecule has 0 bridgehead atoms. The molecule has 0 aromatic rings. The molecular weight excluding hydrogens is 464 g/mol. The summed E-state index contributed by atoms with van der Waals surface area (Å²) in [6, 6.07) is 0. The maximum Gasteiger partial charge on any atom is 0.303 e. The van der Waals surface area contributed by atoms with Gasteiger partial charge in [0.15, 0.2) is 11.9 Å². The number of carbonyl (C=O) groups excluding carboxylic acids is 3. The maximum atomic E-state index is 13.2. The van der Waals surface area contributed by atoms with Crippen molar-refractivity contribution in [3.8, 4) is 0 Å². The molecule has 4 aliphatic carbocycles. The number of hydrogen-bond donors (Lipinski definition) is 1. The zero-order valence-electron chi connectivity index (χ0n) is 24.4. The second-order valence-electron chi connectivity index (χ2n) is 14.2. The first kappa shape index (κ1) is 28.3. The minimum absolute atomic E-state index is 0.0177. The van der Waals surface area contributed by atoms with Crippen LogP contribution in [-0.4, -0.2) is 34.9 Å². The highest BCUT2D eigenvalue weighted by Gasteiger charge is 2.68. The summed E-state index contributed by atoms with van der Waals surface area (Å²) < 4.78 is 5.65. The van der Waals surface area contributed by atoms with Crippen LogP contribution in [0.5, 0.6) is 0 Å². The molecule has 0 heterocycles. The van der Waals surface area contributed by atoms with Crippen molar-refractivity contribution in [2.45, 2.75) is 113 Å². The molecule has 5 heteroatoms. The molecule has 3 fully saturated rings. The molecule has 4 aliphatic rings. The number of esters is 1. The second-order valence-corrected chi connectivity index (χ2v) is 14.2. The van der Waals surface area contributed by atoms with Gasteiger partial charge in [0.2, 0.25) is 0 Å². The predicted octanol–water partition coefficient (Wildman–Crippen LogP) is 6.23. The number of aliphatic hydroxyl groups is 1. The number of ether oxygens (including phenoxy) is 1. The van der Waals surface area contributed by atoms with Gasteiger partial charge in [-0.3, -0.25) is 14.4 Å². The van der Waals surface area contributed by atoms with Gasteiger partial charge in [0.1, 0.15) is 5.78 Å². The van der Waals surface area contributed by atoms with Gasteiger partial charge in [-0.25, -0.2) is 0 Å². The van der Waals surface area contributed by atoms with Crippen LogP contribution in [0.2, 0.25) is 0 Å². The summed E-state index contributed by atoms with van der Waals surface area (Å²) in [5.74, 6) is 0.0763. The van der Waals surface area contributed by atoms with E-state index < -0.39 is 23.6 Å². The molecule has 0 aromatic carbocycles. The van der Waals surface area contributed by atoms with Gasteiger partial charge in [0.05, 0.1) is 6.10 Å². The molecule has 1 N–H and O–H groups in total. The number of aliphatic hydroxyl groups excluding tert-OH is 1. The Morgan fingerprint density at radius 3 is 2.35 bits per heavy atom. The Bertz CT molecular complexity index is 1050. The SMILES string of the molecule is CC(=O)OC(C(=O)C=C(C)C)C(C)C1CCC2(C)C3=CCC4C(C)(C)C(=O)CCC4(C)C3CC(O)C12C. The molecule has 0 saturated heterocycles. The molecule has 9 atom stereocenters. The van der Waals surface area contributed by atoms with Crippen LogP contribution < -0.4 is 0 Å². The molecule has 4 rings (SSSR count). The zero-order valence-corrected chi connectivity index (χ0v) is 24.4. The summed E-state index contributed by atoms with van der Waals surface area (Å²) in [5, 5.41) is 12.0. The molecule has 0 aromatic heterocycles. The van der Waals surface area contributed by atoms with E-state index in [2.05, 4.69) is 40.7 Å². The summed E-state index contributed by atoms with van der Waals surface area (Å²) >= 11 is 0. The van der Waals surface area contributed by atoms with Crippen LogP contribution >= 0.6 is 0 Å². The lowest BCUT2D eigenvalue weighted by Gasteiger charge is -2.64. The van der Waals surface area contributed by atoms with Crippen LogP contribution in [-0.2, 0) is 19.1 Å². The fourth-order valence-electron chi connectivity index (χ4n) is 9.58. The molecule has 206 valence electrons. The van der Waals surface area contributed by atoms with E-state index in [1.807, 2.05) is 20.8 Å². The van der Waals surface area contributed by atoms with Gasteiger partial charge in [-0.15, -0.1) is 0 Å². The van der Waals surface area contributed by atoms with Crippen molar-refractivity contribution in [3.05, 3.63) is 23.3 Å². The highest BCUT2D eigenvalue weighted by molar-refractivity contribution is 5.95. The Morgan fingerprint density at radius 1 is 1.11 bits per heavy atom. The number of hydrogen-bond acceptors (Lipinski definition) is 5. The lowest BCUT2D eigenvalue weighted by atomic mass is 9.40. The molecular formula is C32H48O5. The average molecular weight is 513 g/mol. The van der Waals surface area contributed by atoms with Crippen molar-refractivity contribution >= 4 is 17.5 Å². The Labute approximate surface area is 223 Å². The minimum Gasteiger partial charge on any atom is -0.454 e. The van der Waals surface area contributed by atoms with E-state index in [0.29, 0.717) is 18.6 Å². The van der Waals surface area contributed by atoms with Crippen molar-refractivity contribution in [2.75, 3.05) is 0 Å². The number of allylic oxidation sites excluding steroid dienone is 3. The Hall–Kier alpha value is -1.75. The van der Waals surface area contributed by atoms with Crippen LogP contribution in [0.1, 0.15) is 101 Å². The predicted molar refractivity (Wildman–Crippen MR) is 145 cm³/mol. The number of ketones is 2.